The quantitative estimate of drug-likeness (QED) is 0.800. The van der Waals surface area contributed by atoms with Gasteiger partial charge in [-0.15, -0.1) is 0 Å². The Labute approximate surface area is 125 Å². The maximum absolute atomic E-state index is 11.2. The van der Waals surface area contributed by atoms with E-state index in [2.05, 4.69) is 17.9 Å². The van der Waals surface area contributed by atoms with Crippen LogP contribution in [0.5, 0.6) is 0 Å². The van der Waals surface area contributed by atoms with Crippen molar-refractivity contribution in [3.8, 4) is 0 Å². The number of hydrogen-bond acceptors (Lipinski definition) is 3. The van der Waals surface area contributed by atoms with Crippen molar-refractivity contribution in [2.24, 2.45) is 5.73 Å². The van der Waals surface area contributed by atoms with Crippen molar-refractivity contribution < 1.29 is 4.79 Å². The molecule has 21 heavy (non-hydrogen) atoms. The van der Waals surface area contributed by atoms with Crippen LogP contribution < -0.4 is 11.5 Å². The highest BCUT2D eigenvalue weighted by Gasteiger charge is 2.07. The van der Waals surface area contributed by atoms with Gasteiger partial charge in [-0.1, -0.05) is 31.2 Å². The van der Waals surface area contributed by atoms with Gasteiger partial charge < -0.3 is 11.5 Å². The molecule has 0 aromatic heterocycles. The van der Waals surface area contributed by atoms with Crippen LogP contribution in [0, 0.1) is 0 Å². The number of benzene rings is 2. The molecule has 1 amide bonds. The minimum atomic E-state index is -0.393. The topological polar surface area (TPSA) is 72.3 Å². The third kappa shape index (κ3) is 4.33. The number of primary amides is 1. The summed E-state index contributed by atoms with van der Waals surface area (Å²) in [4.78, 5) is 13.5. The number of nitrogens with zero attached hydrogens (tertiary/aromatic N) is 1. The Morgan fingerprint density at radius 2 is 1.67 bits per heavy atom. The highest BCUT2D eigenvalue weighted by molar-refractivity contribution is 5.92. The molecule has 4 nitrogen and oxygen atoms in total. The summed E-state index contributed by atoms with van der Waals surface area (Å²) in [6.07, 6.45) is 0. The molecular formula is C17H21N3O. The SMILES string of the molecule is CCN(Cc1cccc(N)c1)Cc1cccc(C(N)=O)c1. The third-order valence-corrected chi connectivity index (χ3v) is 3.42. The molecule has 0 spiro atoms. The highest BCUT2D eigenvalue weighted by Crippen LogP contribution is 2.13. The smallest absolute Gasteiger partial charge is 0.248 e. The van der Waals surface area contributed by atoms with Crippen LogP contribution >= 0.6 is 0 Å². The number of amides is 1. The van der Waals surface area contributed by atoms with Gasteiger partial charge >= 0.3 is 0 Å². The van der Waals surface area contributed by atoms with E-state index in [0.717, 1.165) is 30.9 Å². The maximum Gasteiger partial charge on any atom is 0.248 e. The fraction of sp³-hybridized carbons (Fsp3) is 0.235. The Morgan fingerprint density at radius 3 is 2.24 bits per heavy atom. The monoisotopic (exact) mass is 283 g/mol. The Morgan fingerprint density at radius 1 is 1.05 bits per heavy atom. The highest BCUT2D eigenvalue weighted by atomic mass is 16.1. The van der Waals surface area contributed by atoms with Crippen molar-refractivity contribution in [1.82, 2.24) is 4.90 Å². The Bertz CT molecular complexity index is 625. The van der Waals surface area contributed by atoms with E-state index < -0.39 is 5.91 Å². The number of nitrogens with two attached hydrogens (primary N) is 2. The van der Waals surface area contributed by atoms with Crippen molar-refractivity contribution in [3.63, 3.8) is 0 Å². The van der Waals surface area contributed by atoms with Gasteiger partial charge in [0.2, 0.25) is 5.91 Å². The van der Waals surface area contributed by atoms with E-state index in [9.17, 15) is 4.79 Å². The summed E-state index contributed by atoms with van der Waals surface area (Å²) in [6, 6.07) is 15.4. The van der Waals surface area contributed by atoms with E-state index in [1.807, 2.05) is 36.4 Å². The fourth-order valence-corrected chi connectivity index (χ4v) is 2.31. The average molecular weight is 283 g/mol. The number of nitrogen functional groups attached to an aromatic ring is 1. The second-order valence-electron chi connectivity index (χ2n) is 5.11. The lowest BCUT2D eigenvalue weighted by Crippen LogP contribution is -2.22. The number of hydrogen-bond donors (Lipinski definition) is 2. The predicted molar refractivity (Wildman–Crippen MR) is 85.6 cm³/mol. The van der Waals surface area contributed by atoms with Gasteiger partial charge in [-0.2, -0.15) is 0 Å². The molecule has 0 aliphatic carbocycles. The van der Waals surface area contributed by atoms with E-state index in [1.54, 1.807) is 6.07 Å². The summed E-state index contributed by atoms with van der Waals surface area (Å²) in [5.74, 6) is -0.393. The molecule has 0 aliphatic heterocycles. The predicted octanol–water partition coefficient (Wildman–Crippen LogP) is 2.39. The van der Waals surface area contributed by atoms with Crippen LogP contribution in [0.4, 0.5) is 5.69 Å². The minimum absolute atomic E-state index is 0.393. The summed E-state index contributed by atoms with van der Waals surface area (Å²) < 4.78 is 0. The van der Waals surface area contributed by atoms with Gasteiger partial charge in [0, 0.05) is 24.3 Å². The van der Waals surface area contributed by atoms with Crippen LogP contribution in [0.3, 0.4) is 0 Å². The standard InChI is InChI=1S/C17H21N3O/c1-2-20(12-14-6-4-8-16(18)10-14)11-13-5-3-7-15(9-13)17(19)21/h3-10H,2,11-12,18H2,1H3,(H2,19,21). The molecule has 110 valence electrons. The third-order valence-electron chi connectivity index (χ3n) is 3.42. The van der Waals surface area contributed by atoms with Gasteiger partial charge in [0.05, 0.1) is 0 Å². The maximum atomic E-state index is 11.2. The molecular weight excluding hydrogens is 262 g/mol. The van der Waals surface area contributed by atoms with E-state index in [-0.39, 0.29) is 0 Å². The van der Waals surface area contributed by atoms with Gasteiger partial charge in [0.1, 0.15) is 0 Å². The first-order valence-corrected chi connectivity index (χ1v) is 7.04. The lowest BCUT2D eigenvalue weighted by Gasteiger charge is -2.21. The van der Waals surface area contributed by atoms with Crippen molar-refractivity contribution >= 4 is 11.6 Å². The number of rotatable bonds is 6. The zero-order valence-electron chi connectivity index (χ0n) is 12.3. The molecule has 0 atom stereocenters. The van der Waals surface area contributed by atoms with Crippen molar-refractivity contribution in [2.45, 2.75) is 20.0 Å². The van der Waals surface area contributed by atoms with Gasteiger partial charge in [-0.3, -0.25) is 9.69 Å². The first-order chi connectivity index (χ1) is 10.1. The molecule has 0 saturated heterocycles. The first kappa shape index (κ1) is 15.1. The van der Waals surface area contributed by atoms with Crippen molar-refractivity contribution in [1.29, 1.82) is 0 Å². The summed E-state index contributed by atoms with van der Waals surface area (Å²) in [6.45, 7) is 4.62. The van der Waals surface area contributed by atoms with Gasteiger partial charge in [0.25, 0.3) is 0 Å². The van der Waals surface area contributed by atoms with Crippen LogP contribution in [0.2, 0.25) is 0 Å². The molecule has 0 bridgehead atoms. The molecule has 0 unspecified atom stereocenters. The Hall–Kier alpha value is -2.33. The summed E-state index contributed by atoms with van der Waals surface area (Å²) in [7, 11) is 0. The van der Waals surface area contributed by atoms with E-state index in [0.29, 0.717) is 5.56 Å². The summed E-state index contributed by atoms with van der Waals surface area (Å²) in [5, 5.41) is 0. The number of anilines is 1. The molecule has 4 heteroatoms. The van der Waals surface area contributed by atoms with Gasteiger partial charge in [-0.25, -0.2) is 0 Å². The van der Waals surface area contributed by atoms with Crippen molar-refractivity contribution in [2.75, 3.05) is 12.3 Å². The van der Waals surface area contributed by atoms with Crippen LogP contribution in [0.25, 0.3) is 0 Å². The summed E-state index contributed by atoms with van der Waals surface area (Å²) >= 11 is 0. The molecule has 2 aromatic carbocycles. The first-order valence-electron chi connectivity index (χ1n) is 7.04. The van der Waals surface area contributed by atoms with Crippen molar-refractivity contribution in [3.05, 3.63) is 65.2 Å². The molecule has 0 heterocycles. The molecule has 0 aliphatic rings. The Kier molecular flexibility index (Phi) is 4.95. The molecule has 2 rings (SSSR count). The molecule has 0 saturated carbocycles. The van der Waals surface area contributed by atoms with E-state index >= 15 is 0 Å². The van der Waals surface area contributed by atoms with Crippen LogP contribution in [-0.2, 0) is 13.1 Å². The van der Waals surface area contributed by atoms with Crippen LogP contribution in [0.15, 0.2) is 48.5 Å². The second-order valence-corrected chi connectivity index (χ2v) is 5.11. The second kappa shape index (κ2) is 6.90. The fourth-order valence-electron chi connectivity index (χ4n) is 2.31. The van der Waals surface area contributed by atoms with Gasteiger partial charge in [-0.05, 0) is 41.9 Å². The number of carbonyl (C=O) groups is 1. The van der Waals surface area contributed by atoms with E-state index in [1.165, 1.54) is 5.56 Å². The largest absolute Gasteiger partial charge is 0.399 e. The minimum Gasteiger partial charge on any atom is -0.399 e. The summed E-state index contributed by atoms with van der Waals surface area (Å²) in [5.41, 5.74) is 14.7. The average Bonchev–Trinajstić information content (AvgIpc) is 2.47. The lowest BCUT2D eigenvalue weighted by atomic mass is 10.1. The number of carbonyl (C=O) groups excluding carboxylic acids is 1. The van der Waals surface area contributed by atoms with Crippen LogP contribution in [0.1, 0.15) is 28.4 Å². The zero-order chi connectivity index (χ0) is 15.2. The molecule has 0 fully saturated rings. The normalized spacial score (nSPS) is 10.8. The van der Waals surface area contributed by atoms with Gasteiger partial charge in [0.15, 0.2) is 0 Å². The van der Waals surface area contributed by atoms with E-state index in [4.69, 9.17) is 11.5 Å². The Balaban J connectivity index is 2.08. The lowest BCUT2D eigenvalue weighted by molar-refractivity contribution is 0.1000. The van der Waals surface area contributed by atoms with Crippen LogP contribution in [-0.4, -0.2) is 17.4 Å². The molecule has 0 radical (unpaired) electrons. The molecule has 4 N–H and O–H groups in total. The molecule has 2 aromatic rings. The zero-order valence-corrected chi connectivity index (χ0v) is 12.3.